The molecule has 3 nitrogen and oxygen atoms in total. The zero-order valence-corrected chi connectivity index (χ0v) is 16.5. The van der Waals surface area contributed by atoms with Crippen LogP contribution in [0.2, 0.25) is 0 Å². The van der Waals surface area contributed by atoms with Gasteiger partial charge in [-0.3, -0.25) is 0 Å². The maximum absolute atomic E-state index is 9.67. The zero-order chi connectivity index (χ0) is 19.8. The van der Waals surface area contributed by atoms with E-state index in [0.29, 0.717) is 6.61 Å². The van der Waals surface area contributed by atoms with Gasteiger partial charge in [-0.1, -0.05) is 61.5 Å². The summed E-state index contributed by atoms with van der Waals surface area (Å²) in [5, 5.41) is 12.8. The van der Waals surface area contributed by atoms with Gasteiger partial charge in [-0.05, 0) is 65.6 Å². The molecule has 2 N–H and O–H groups in total. The Morgan fingerprint density at radius 1 is 0.821 bits per heavy atom. The lowest BCUT2D eigenvalue weighted by Crippen LogP contribution is -2.15. The van der Waals surface area contributed by atoms with E-state index in [2.05, 4.69) is 48.6 Å². The van der Waals surface area contributed by atoms with Gasteiger partial charge in [0.15, 0.2) is 0 Å². The summed E-state index contributed by atoms with van der Waals surface area (Å²) in [5.74, 6) is 1.15. The largest absolute Gasteiger partial charge is 0.508 e. The molecule has 0 aromatic heterocycles. The van der Waals surface area contributed by atoms with Gasteiger partial charge in [0.2, 0.25) is 0 Å². The number of nitrogens with one attached hydrogen (secondary N) is 1. The van der Waals surface area contributed by atoms with Crippen molar-refractivity contribution in [3.8, 4) is 11.5 Å². The highest BCUT2D eigenvalue weighted by atomic mass is 16.5. The van der Waals surface area contributed by atoms with Gasteiger partial charge in [-0.25, -0.2) is 0 Å². The molecule has 0 heterocycles. The van der Waals surface area contributed by atoms with Crippen LogP contribution < -0.4 is 10.1 Å². The van der Waals surface area contributed by atoms with Crippen molar-refractivity contribution in [2.45, 2.75) is 13.3 Å². The van der Waals surface area contributed by atoms with Crippen LogP contribution in [0.5, 0.6) is 11.5 Å². The van der Waals surface area contributed by atoms with Crippen molar-refractivity contribution in [1.82, 2.24) is 5.32 Å². The number of likely N-dealkylation sites (N-methyl/N-ethyl adjacent to an activating group) is 1. The van der Waals surface area contributed by atoms with Crippen molar-refractivity contribution in [3.05, 3.63) is 95.6 Å². The molecule has 0 saturated carbocycles. The molecule has 0 aliphatic rings. The third kappa shape index (κ3) is 4.81. The summed E-state index contributed by atoms with van der Waals surface area (Å²) in [5.41, 5.74) is 5.90. The average molecular weight is 373 g/mol. The van der Waals surface area contributed by atoms with Crippen LogP contribution in [-0.2, 0) is 0 Å². The third-order valence-electron chi connectivity index (χ3n) is 4.70. The van der Waals surface area contributed by atoms with Gasteiger partial charge in [0.1, 0.15) is 18.1 Å². The predicted octanol–water partition coefficient (Wildman–Crippen LogP) is 5.36. The molecule has 0 saturated heterocycles. The molecule has 0 atom stereocenters. The molecule has 0 aliphatic heterocycles. The minimum atomic E-state index is 0.281. The molecule has 0 fully saturated rings. The van der Waals surface area contributed by atoms with Crippen LogP contribution in [0.25, 0.3) is 11.1 Å². The number of rotatable bonds is 8. The van der Waals surface area contributed by atoms with E-state index in [1.165, 1.54) is 16.7 Å². The standard InChI is InChI=1S/C25H27NO2/c1-3-24(19-9-13-22(27)14-10-19)25(20-7-5-4-6-8-20)21-11-15-23(16-12-21)28-18-17-26-2/h4-16,26-27H,3,17-18H2,1-2H3/b25-24+. The highest BCUT2D eigenvalue weighted by Crippen LogP contribution is 2.35. The number of phenolic OH excluding ortho intramolecular Hbond substituents is 1. The summed E-state index contributed by atoms with van der Waals surface area (Å²) in [6.07, 6.45) is 0.884. The van der Waals surface area contributed by atoms with Gasteiger partial charge in [0.05, 0.1) is 0 Å². The van der Waals surface area contributed by atoms with E-state index in [-0.39, 0.29) is 5.75 Å². The molecule has 3 heteroatoms. The van der Waals surface area contributed by atoms with Crippen LogP contribution in [0.3, 0.4) is 0 Å². The summed E-state index contributed by atoms with van der Waals surface area (Å²) in [7, 11) is 1.92. The highest BCUT2D eigenvalue weighted by molar-refractivity contribution is 5.98. The Kier molecular flexibility index (Phi) is 6.88. The van der Waals surface area contributed by atoms with E-state index in [1.807, 2.05) is 37.4 Å². The Hall–Kier alpha value is -3.04. The molecule has 0 spiro atoms. The van der Waals surface area contributed by atoms with Gasteiger partial charge in [0.25, 0.3) is 0 Å². The molecule has 0 amide bonds. The Morgan fingerprint density at radius 2 is 1.43 bits per heavy atom. The van der Waals surface area contributed by atoms with E-state index < -0.39 is 0 Å². The first-order valence-electron chi connectivity index (χ1n) is 9.68. The second kappa shape index (κ2) is 9.77. The zero-order valence-electron chi connectivity index (χ0n) is 16.5. The van der Waals surface area contributed by atoms with Crippen LogP contribution in [0.1, 0.15) is 30.0 Å². The van der Waals surface area contributed by atoms with Gasteiger partial charge in [0, 0.05) is 6.54 Å². The van der Waals surface area contributed by atoms with Crippen LogP contribution >= 0.6 is 0 Å². The van der Waals surface area contributed by atoms with Gasteiger partial charge in [-0.2, -0.15) is 0 Å². The number of hydrogen-bond acceptors (Lipinski definition) is 3. The minimum Gasteiger partial charge on any atom is -0.508 e. The van der Waals surface area contributed by atoms with Crippen molar-refractivity contribution < 1.29 is 9.84 Å². The Bertz CT molecular complexity index is 898. The average Bonchev–Trinajstić information content (AvgIpc) is 2.74. The summed E-state index contributed by atoms with van der Waals surface area (Å²) in [6, 6.07) is 26.2. The van der Waals surface area contributed by atoms with Crippen LogP contribution in [0.4, 0.5) is 0 Å². The maximum atomic E-state index is 9.67. The Balaban J connectivity index is 2.06. The minimum absolute atomic E-state index is 0.281. The normalized spacial score (nSPS) is 11.8. The lowest BCUT2D eigenvalue weighted by molar-refractivity contribution is 0.318. The van der Waals surface area contributed by atoms with Crippen molar-refractivity contribution >= 4 is 11.1 Å². The second-order valence-corrected chi connectivity index (χ2v) is 6.60. The first-order chi connectivity index (χ1) is 13.7. The number of ether oxygens (including phenoxy) is 1. The van der Waals surface area contributed by atoms with Crippen LogP contribution in [-0.4, -0.2) is 25.3 Å². The SMILES string of the molecule is CC/C(=C(/c1ccccc1)c1ccc(OCCNC)cc1)c1ccc(O)cc1. The first kappa shape index (κ1) is 19.7. The fourth-order valence-electron chi connectivity index (χ4n) is 3.30. The molecule has 0 bridgehead atoms. The predicted molar refractivity (Wildman–Crippen MR) is 117 cm³/mol. The van der Waals surface area contributed by atoms with Crippen LogP contribution in [0, 0.1) is 0 Å². The van der Waals surface area contributed by atoms with E-state index in [0.717, 1.165) is 29.8 Å². The topological polar surface area (TPSA) is 41.5 Å². The summed E-state index contributed by atoms with van der Waals surface area (Å²) in [4.78, 5) is 0. The highest BCUT2D eigenvalue weighted by Gasteiger charge is 2.13. The van der Waals surface area contributed by atoms with Crippen molar-refractivity contribution in [2.24, 2.45) is 0 Å². The summed E-state index contributed by atoms with van der Waals surface area (Å²) < 4.78 is 5.77. The molecule has 0 aliphatic carbocycles. The second-order valence-electron chi connectivity index (χ2n) is 6.60. The van der Waals surface area contributed by atoms with Crippen molar-refractivity contribution in [1.29, 1.82) is 0 Å². The molecule has 28 heavy (non-hydrogen) atoms. The molecule has 3 aromatic rings. The number of aromatic hydroxyl groups is 1. The van der Waals surface area contributed by atoms with E-state index >= 15 is 0 Å². The number of allylic oxidation sites excluding steroid dienone is 1. The molecule has 3 rings (SSSR count). The van der Waals surface area contributed by atoms with Gasteiger partial charge >= 0.3 is 0 Å². The Labute approximate surface area is 167 Å². The Morgan fingerprint density at radius 3 is 2.04 bits per heavy atom. The number of hydrogen-bond donors (Lipinski definition) is 2. The van der Waals surface area contributed by atoms with Gasteiger partial charge in [-0.15, -0.1) is 0 Å². The fourth-order valence-corrected chi connectivity index (χ4v) is 3.30. The lowest BCUT2D eigenvalue weighted by Gasteiger charge is -2.17. The molecular weight excluding hydrogens is 346 g/mol. The molecule has 0 radical (unpaired) electrons. The number of phenols is 1. The van der Waals surface area contributed by atoms with Crippen LogP contribution in [0.15, 0.2) is 78.9 Å². The molecule has 0 unspecified atom stereocenters. The van der Waals surface area contributed by atoms with E-state index in [4.69, 9.17) is 4.74 Å². The van der Waals surface area contributed by atoms with E-state index in [1.54, 1.807) is 12.1 Å². The fraction of sp³-hybridized carbons (Fsp3) is 0.200. The molecule has 3 aromatic carbocycles. The number of benzene rings is 3. The van der Waals surface area contributed by atoms with Crippen molar-refractivity contribution in [3.63, 3.8) is 0 Å². The molecular formula is C25H27NO2. The molecule has 144 valence electrons. The first-order valence-corrected chi connectivity index (χ1v) is 9.68. The summed E-state index contributed by atoms with van der Waals surface area (Å²) in [6.45, 7) is 3.63. The smallest absolute Gasteiger partial charge is 0.119 e. The summed E-state index contributed by atoms with van der Waals surface area (Å²) >= 11 is 0. The van der Waals surface area contributed by atoms with Gasteiger partial charge < -0.3 is 15.2 Å². The van der Waals surface area contributed by atoms with E-state index in [9.17, 15) is 5.11 Å². The third-order valence-corrected chi connectivity index (χ3v) is 4.70. The quantitative estimate of drug-likeness (QED) is 0.413. The lowest BCUT2D eigenvalue weighted by atomic mass is 9.88. The maximum Gasteiger partial charge on any atom is 0.119 e. The van der Waals surface area contributed by atoms with Crippen molar-refractivity contribution in [2.75, 3.05) is 20.2 Å². The monoisotopic (exact) mass is 373 g/mol.